The molecule has 2 rings (SSSR count). The van der Waals surface area contributed by atoms with E-state index >= 15 is 0 Å². The van der Waals surface area contributed by atoms with Crippen LogP contribution in [0.1, 0.15) is 44.6 Å². The molecule has 4 nitrogen and oxygen atoms in total. The summed E-state index contributed by atoms with van der Waals surface area (Å²) < 4.78 is 27.8. The summed E-state index contributed by atoms with van der Waals surface area (Å²) in [6.45, 7) is 2.12. The van der Waals surface area contributed by atoms with Gasteiger partial charge >= 0.3 is 0 Å². The topological polar surface area (TPSA) is 70.0 Å². The molecule has 1 aliphatic carbocycles. The van der Waals surface area contributed by atoms with Gasteiger partial charge in [0.25, 0.3) is 0 Å². The van der Waals surface area contributed by atoms with Crippen molar-refractivity contribution in [1.29, 1.82) is 5.26 Å². The Hall–Kier alpha value is -1.38. The summed E-state index contributed by atoms with van der Waals surface area (Å²) in [5.41, 5.74) is 0.833. The number of nitriles is 1. The van der Waals surface area contributed by atoms with Crippen LogP contribution in [0.2, 0.25) is 0 Å². The Bertz CT molecular complexity index is 602. The number of hydrogen-bond donors (Lipinski definition) is 1. The van der Waals surface area contributed by atoms with Crippen LogP contribution in [0.3, 0.4) is 0 Å². The molecule has 0 spiro atoms. The Labute approximate surface area is 127 Å². The van der Waals surface area contributed by atoms with Gasteiger partial charge in [-0.15, -0.1) is 0 Å². The summed E-state index contributed by atoms with van der Waals surface area (Å²) in [6, 6.07) is 8.64. The Morgan fingerprint density at radius 2 is 1.86 bits per heavy atom. The van der Waals surface area contributed by atoms with Crippen LogP contribution in [0.25, 0.3) is 0 Å². The molecule has 1 saturated carbocycles. The van der Waals surface area contributed by atoms with Crippen molar-refractivity contribution in [2.45, 2.75) is 56.4 Å². The van der Waals surface area contributed by atoms with Gasteiger partial charge in [0.05, 0.1) is 17.4 Å². The van der Waals surface area contributed by atoms with Gasteiger partial charge in [0.15, 0.2) is 0 Å². The van der Waals surface area contributed by atoms with Crippen LogP contribution >= 0.6 is 0 Å². The van der Waals surface area contributed by atoms with E-state index in [-0.39, 0.29) is 10.9 Å². The molecule has 1 fully saturated rings. The van der Waals surface area contributed by atoms with E-state index in [1.165, 1.54) is 12.8 Å². The lowest BCUT2D eigenvalue weighted by Gasteiger charge is -2.22. The van der Waals surface area contributed by atoms with Crippen molar-refractivity contribution in [3.8, 4) is 6.07 Å². The molecule has 1 aromatic carbocycles. The smallest absolute Gasteiger partial charge is 0.208 e. The third-order valence-corrected chi connectivity index (χ3v) is 5.69. The number of nitrogens with zero attached hydrogens (tertiary/aromatic N) is 1. The molecule has 0 bridgehead atoms. The first kappa shape index (κ1) is 16.0. The molecule has 0 radical (unpaired) electrons. The monoisotopic (exact) mass is 306 g/mol. The predicted octanol–water partition coefficient (Wildman–Crippen LogP) is 3.00. The second-order valence-corrected chi connectivity index (χ2v) is 7.54. The first-order valence-corrected chi connectivity index (χ1v) is 8.99. The Morgan fingerprint density at radius 1 is 1.19 bits per heavy atom. The summed E-state index contributed by atoms with van der Waals surface area (Å²) in [6.07, 6.45) is 5.74. The number of nitrogens with one attached hydrogen (secondary N) is 1. The van der Waals surface area contributed by atoms with Gasteiger partial charge in [0.2, 0.25) is 10.0 Å². The van der Waals surface area contributed by atoms with Gasteiger partial charge in [0, 0.05) is 6.04 Å². The average Bonchev–Trinajstić information content (AvgIpc) is 2.65. The van der Waals surface area contributed by atoms with Crippen LogP contribution in [0.4, 0.5) is 0 Å². The van der Waals surface area contributed by atoms with Crippen molar-refractivity contribution in [1.82, 2.24) is 4.72 Å². The molecule has 1 aliphatic rings. The molecule has 2 unspecified atom stereocenters. The van der Waals surface area contributed by atoms with Gasteiger partial charge in [-0.1, -0.05) is 38.3 Å². The van der Waals surface area contributed by atoms with E-state index in [9.17, 15) is 8.42 Å². The second-order valence-electron chi connectivity index (χ2n) is 5.82. The van der Waals surface area contributed by atoms with E-state index in [4.69, 9.17) is 5.26 Å². The minimum absolute atomic E-state index is 0.0243. The summed E-state index contributed by atoms with van der Waals surface area (Å²) in [7, 11) is -3.47. The van der Waals surface area contributed by atoms with Crippen LogP contribution in [-0.4, -0.2) is 14.5 Å². The fourth-order valence-corrected chi connectivity index (χ4v) is 4.19. The van der Waals surface area contributed by atoms with Crippen molar-refractivity contribution in [3.63, 3.8) is 0 Å². The molecule has 0 amide bonds. The molecule has 2 atom stereocenters. The fraction of sp³-hybridized carbons (Fsp3) is 0.562. The molecule has 0 aliphatic heterocycles. The van der Waals surface area contributed by atoms with Gasteiger partial charge in [-0.25, -0.2) is 13.1 Å². The summed E-state index contributed by atoms with van der Waals surface area (Å²) in [4.78, 5) is 0.278. The van der Waals surface area contributed by atoms with Crippen molar-refractivity contribution in [2.75, 3.05) is 0 Å². The highest BCUT2D eigenvalue weighted by atomic mass is 32.2. The molecule has 0 heterocycles. The highest BCUT2D eigenvalue weighted by molar-refractivity contribution is 7.89. The molecule has 0 aromatic heterocycles. The molecule has 5 heteroatoms. The van der Waals surface area contributed by atoms with Crippen molar-refractivity contribution in [3.05, 3.63) is 29.8 Å². The van der Waals surface area contributed by atoms with E-state index in [0.717, 1.165) is 24.8 Å². The third kappa shape index (κ3) is 4.29. The molecular formula is C16H22N2O2S. The van der Waals surface area contributed by atoms with Gasteiger partial charge in [-0.2, -0.15) is 5.26 Å². The lowest BCUT2D eigenvalue weighted by molar-refractivity contribution is 0.399. The van der Waals surface area contributed by atoms with Crippen LogP contribution in [-0.2, 0) is 16.4 Å². The summed E-state index contributed by atoms with van der Waals surface area (Å²) in [5, 5.41) is 8.64. The van der Waals surface area contributed by atoms with Gasteiger partial charge in [-0.05, 0) is 36.5 Å². The fourth-order valence-electron chi connectivity index (χ4n) is 2.81. The van der Waals surface area contributed by atoms with Crippen LogP contribution < -0.4 is 4.72 Å². The number of hydrogen-bond acceptors (Lipinski definition) is 3. The zero-order valence-corrected chi connectivity index (χ0v) is 13.2. The Kier molecular flexibility index (Phi) is 5.38. The maximum Gasteiger partial charge on any atom is 0.240 e. The first-order valence-electron chi connectivity index (χ1n) is 7.51. The van der Waals surface area contributed by atoms with E-state index in [1.807, 2.05) is 0 Å². The predicted molar refractivity (Wildman–Crippen MR) is 82.1 cm³/mol. The minimum Gasteiger partial charge on any atom is -0.208 e. The molecule has 21 heavy (non-hydrogen) atoms. The highest BCUT2D eigenvalue weighted by Gasteiger charge is 2.25. The van der Waals surface area contributed by atoms with Crippen LogP contribution in [0, 0.1) is 17.2 Å². The Balaban J connectivity index is 2.12. The first-order chi connectivity index (χ1) is 10.0. The molecule has 114 valence electrons. The maximum absolute atomic E-state index is 12.5. The quantitative estimate of drug-likeness (QED) is 0.869. The Morgan fingerprint density at radius 3 is 2.52 bits per heavy atom. The van der Waals surface area contributed by atoms with E-state index in [1.54, 1.807) is 24.3 Å². The van der Waals surface area contributed by atoms with Gasteiger partial charge < -0.3 is 0 Å². The van der Waals surface area contributed by atoms with Crippen molar-refractivity contribution < 1.29 is 8.42 Å². The van der Waals surface area contributed by atoms with Gasteiger partial charge in [-0.3, -0.25) is 0 Å². The largest absolute Gasteiger partial charge is 0.240 e. The normalized spacial score (nSPS) is 23.2. The zero-order chi connectivity index (χ0) is 15.3. The molecule has 1 aromatic rings. The average molecular weight is 306 g/mol. The van der Waals surface area contributed by atoms with E-state index < -0.39 is 10.0 Å². The summed E-state index contributed by atoms with van der Waals surface area (Å²) >= 11 is 0. The zero-order valence-electron chi connectivity index (χ0n) is 12.4. The number of sulfonamides is 1. The SMILES string of the molecule is CC1CCCCCC1NS(=O)(=O)c1ccc(CC#N)cc1. The number of benzene rings is 1. The van der Waals surface area contributed by atoms with Crippen LogP contribution in [0.15, 0.2) is 29.2 Å². The van der Waals surface area contributed by atoms with Crippen molar-refractivity contribution in [2.24, 2.45) is 5.92 Å². The van der Waals surface area contributed by atoms with E-state index in [0.29, 0.717) is 12.3 Å². The van der Waals surface area contributed by atoms with Crippen LogP contribution in [0.5, 0.6) is 0 Å². The number of rotatable bonds is 4. The lowest BCUT2D eigenvalue weighted by atomic mass is 9.98. The highest BCUT2D eigenvalue weighted by Crippen LogP contribution is 2.24. The molecular weight excluding hydrogens is 284 g/mol. The minimum atomic E-state index is -3.47. The van der Waals surface area contributed by atoms with Gasteiger partial charge in [0.1, 0.15) is 0 Å². The third-order valence-electron chi connectivity index (χ3n) is 4.18. The standard InChI is InChI=1S/C16H22N2O2S/c1-13-5-3-2-4-6-16(13)18-21(19,20)15-9-7-14(8-10-15)11-12-17/h7-10,13,16,18H,2-6,11H2,1H3. The lowest BCUT2D eigenvalue weighted by Crippen LogP contribution is -2.38. The summed E-state index contributed by atoms with van der Waals surface area (Å²) in [5.74, 6) is 0.375. The second kappa shape index (κ2) is 7.06. The molecule has 0 saturated heterocycles. The maximum atomic E-state index is 12.5. The van der Waals surface area contributed by atoms with Crippen molar-refractivity contribution >= 4 is 10.0 Å². The van der Waals surface area contributed by atoms with E-state index in [2.05, 4.69) is 17.7 Å². The molecule has 1 N–H and O–H groups in total.